The minimum Gasteiger partial charge on any atom is -0.343 e. The van der Waals surface area contributed by atoms with Crippen LogP contribution in [0.25, 0.3) is 0 Å². The van der Waals surface area contributed by atoms with E-state index in [0.29, 0.717) is 0 Å². The van der Waals surface area contributed by atoms with E-state index in [1.807, 2.05) is 6.07 Å². The molecule has 49 valence electrons. The largest absolute Gasteiger partial charge is 0.343 e. The number of aryl methyl sites for hydroxylation is 1. The van der Waals surface area contributed by atoms with Crippen molar-refractivity contribution in [3.05, 3.63) is 42.8 Å². The molecule has 0 amide bonds. The van der Waals surface area contributed by atoms with Crippen molar-refractivity contribution in [1.29, 1.82) is 0 Å². The molecule has 0 unspecified atom stereocenters. The Bertz CT molecular complexity index is 158. The first-order valence-corrected chi connectivity index (χ1v) is 3.01. The molecule has 0 fully saturated rings. The zero-order chi connectivity index (χ0) is 6.53. The maximum Gasteiger partial charge on any atom is 0 e. The molecule has 0 aliphatic heterocycles. The summed E-state index contributed by atoms with van der Waals surface area (Å²) in [5, 5.41) is 0. The standard InChI is InChI=1S/C9H8.Y/c1-2-6-9-7-4-3-5-8-9;/h3-4H,1-2,6H2;/q-2;. The van der Waals surface area contributed by atoms with E-state index in [-0.39, 0.29) is 32.7 Å². The molecule has 0 aliphatic carbocycles. The fourth-order valence-electron chi connectivity index (χ4n) is 0.660. The zero-order valence-corrected chi connectivity index (χ0v) is 8.69. The van der Waals surface area contributed by atoms with Crippen molar-refractivity contribution in [1.82, 2.24) is 0 Å². The third-order valence-corrected chi connectivity index (χ3v) is 1.07. The first-order chi connectivity index (χ1) is 4.43. The number of hydrogen-bond acceptors (Lipinski definition) is 0. The fourth-order valence-corrected chi connectivity index (χ4v) is 0.660. The SMILES string of the molecule is [CH2-]CCc1[c][c]cc[c-]1.[Y]. The average molecular weight is 205 g/mol. The Morgan fingerprint density at radius 2 is 2.40 bits per heavy atom. The van der Waals surface area contributed by atoms with Gasteiger partial charge in [0.05, 0.1) is 0 Å². The van der Waals surface area contributed by atoms with Crippen LogP contribution in [0.1, 0.15) is 12.0 Å². The van der Waals surface area contributed by atoms with Gasteiger partial charge in [0.1, 0.15) is 0 Å². The van der Waals surface area contributed by atoms with Crippen LogP contribution in [-0.4, -0.2) is 0 Å². The van der Waals surface area contributed by atoms with Gasteiger partial charge < -0.3 is 6.92 Å². The summed E-state index contributed by atoms with van der Waals surface area (Å²) < 4.78 is 0. The van der Waals surface area contributed by atoms with Crippen molar-refractivity contribution >= 4 is 0 Å². The molecule has 1 heteroatoms. The molecule has 0 atom stereocenters. The Balaban J connectivity index is 0.000000810. The molecule has 0 spiro atoms. The molecule has 1 aromatic rings. The van der Waals surface area contributed by atoms with E-state index >= 15 is 0 Å². The fraction of sp³-hybridized carbons (Fsp3) is 0.222. The molecule has 1 aromatic carbocycles. The Morgan fingerprint density at radius 3 is 2.90 bits per heavy atom. The molecule has 0 bridgehead atoms. The van der Waals surface area contributed by atoms with Crippen molar-refractivity contribution in [2.45, 2.75) is 12.8 Å². The van der Waals surface area contributed by atoms with Gasteiger partial charge >= 0.3 is 0 Å². The molecule has 0 N–H and O–H groups in total. The van der Waals surface area contributed by atoms with Gasteiger partial charge in [-0.2, -0.15) is 42.3 Å². The molecule has 0 heterocycles. The van der Waals surface area contributed by atoms with E-state index in [2.05, 4.69) is 25.1 Å². The van der Waals surface area contributed by atoms with Gasteiger partial charge in [-0.05, 0) is 0 Å². The number of rotatable bonds is 2. The second-order valence-electron chi connectivity index (χ2n) is 1.83. The Labute approximate surface area is 87.9 Å². The molecule has 0 saturated heterocycles. The van der Waals surface area contributed by atoms with Crippen LogP contribution in [-0.2, 0) is 39.1 Å². The third-order valence-electron chi connectivity index (χ3n) is 1.07. The summed E-state index contributed by atoms with van der Waals surface area (Å²) in [5.41, 5.74) is 1.08. The van der Waals surface area contributed by atoms with Gasteiger partial charge in [0.2, 0.25) is 0 Å². The van der Waals surface area contributed by atoms with Gasteiger partial charge in [-0.1, -0.05) is 6.42 Å². The van der Waals surface area contributed by atoms with Crippen LogP contribution >= 0.6 is 0 Å². The average Bonchev–Trinajstić information content (AvgIpc) is 1.91. The molecule has 0 saturated carbocycles. The Morgan fingerprint density at radius 1 is 1.60 bits per heavy atom. The van der Waals surface area contributed by atoms with Gasteiger partial charge in [-0.3, -0.25) is 0 Å². The molecular weight excluding hydrogens is 197 g/mol. The summed E-state index contributed by atoms with van der Waals surface area (Å²) in [4.78, 5) is 0. The molecule has 10 heavy (non-hydrogen) atoms. The maximum atomic E-state index is 3.73. The Kier molecular flexibility index (Phi) is 6.26. The van der Waals surface area contributed by atoms with Crippen LogP contribution in [0.2, 0.25) is 0 Å². The van der Waals surface area contributed by atoms with Crippen LogP contribution in [0, 0.1) is 25.1 Å². The smallest absolute Gasteiger partial charge is 0 e. The summed E-state index contributed by atoms with van der Waals surface area (Å²) in [6.45, 7) is 3.73. The minimum absolute atomic E-state index is 0. The van der Waals surface area contributed by atoms with Crippen molar-refractivity contribution in [3.63, 3.8) is 0 Å². The summed E-state index contributed by atoms with van der Waals surface area (Å²) >= 11 is 0. The first kappa shape index (κ1) is 10.3. The maximum absolute atomic E-state index is 3.73. The van der Waals surface area contributed by atoms with Gasteiger partial charge in [-0.15, -0.1) is 0 Å². The minimum atomic E-state index is 0. The molecule has 3 radical (unpaired) electrons. The van der Waals surface area contributed by atoms with Crippen molar-refractivity contribution < 1.29 is 32.7 Å². The third kappa shape index (κ3) is 3.48. The van der Waals surface area contributed by atoms with Gasteiger partial charge in [0.15, 0.2) is 0 Å². The van der Waals surface area contributed by atoms with Gasteiger partial charge in [0.25, 0.3) is 0 Å². The Hall–Kier alpha value is 0.324. The second kappa shape index (κ2) is 6.06. The van der Waals surface area contributed by atoms with E-state index in [1.54, 1.807) is 6.07 Å². The van der Waals surface area contributed by atoms with Gasteiger partial charge in [0, 0.05) is 32.7 Å². The number of benzene rings is 1. The molecule has 1 rings (SSSR count). The van der Waals surface area contributed by atoms with Crippen LogP contribution in [0.4, 0.5) is 0 Å². The van der Waals surface area contributed by atoms with E-state index in [1.165, 1.54) is 0 Å². The normalized spacial score (nSPS) is 8.50. The number of hydrogen-bond donors (Lipinski definition) is 0. The van der Waals surface area contributed by atoms with Crippen molar-refractivity contribution in [2.24, 2.45) is 0 Å². The molecule has 0 aromatic heterocycles. The van der Waals surface area contributed by atoms with E-state index in [0.717, 1.165) is 18.4 Å². The van der Waals surface area contributed by atoms with Gasteiger partial charge in [-0.25, -0.2) is 0 Å². The first-order valence-electron chi connectivity index (χ1n) is 3.01. The van der Waals surface area contributed by atoms with Crippen molar-refractivity contribution in [3.8, 4) is 0 Å². The zero-order valence-electron chi connectivity index (χ0n) is 5.85. The van der Waals surface area contributed by atoms with Crippen LogP contribution in [0.5, 0.6) is 0 Å². The summed E-state index contributed by atoms with van der Waals surface area (Å²) in [7, 11) is 0. The van der Waals surface area contributed by atoms with Crippen LogP contribution in [0.15, 0.2) is 12.1 Å². The predicted molar refractivity (Wildman–Crippen MR) is 36.6 cm³/mol. The van der Waals surface area contributed by atoms with E-state index in [4.69, 9.17) is 0 Å². The monoisotopic (exact) mass is 205 g/mol. The summed E-state index contributed by atoms with van der Waals surface area (Å²) in [6.07, 6.45) is 1.86. The molecule has 0 nitrogen and oxygen atoms in total. The molecular formula is C9H8Y-2. The summed E-state index contributed by atoms with van der Waals surface area (Å²) in [5.74, 6) is 0. The van der Waals surface area contributed by atoms with E-state index in [9.17, 15) is 0 Å². The summed E-state index contributed by atoms with van der Waals surface area (Å²) in [6, 6.07) is 12.5. The van der Waals surface area contributed by atoms with E-state index < -0.39 is 0 Å². The topological polar surface area (TPSA) is 0 Å². The van der Waals surface area contributed by atoms with Crippen molar-refractivity contribution in [2.75, 3.05) is 0 Å². The van der Waals surface area contributed by atoms with Crippen LogP contribution in [0.3, 0.4) is 0 Å². The molecule has 0 aliphatic rings. The quantitative estimate of drug-likeness (QED) is 0.646. The predicted octanol–water partition coefficient (Wildman–Crippen LogP) is 1.85. The van der Waals surface area contributed by atoms with Crippen LogP contribution < -0.4 is 0 Å². The second-order valence-corrected chi connectivity index (χ2v) is 1.83.